The quantitative estimate of drug-likeness (QED) is 0.758. The van der Waals surface area contributed by atoms with E-state index in [0.29, 0.717) is 19.0 Å². The number of urea groups is 1. The highest BCUT2D eigenvalue weighted by Gasteiger charge is 2.29. The SMILES string of the molecule is CCN(CC1CC1)C(=O)N(CC)C(C)CC(=O)O. The topological polar surface area (TPSA) is 60.9 Å². The molecule has 1 aliphatic carbocycles. The number of carboxylic acid groups (broad SMARTS) is 1. The molecule has 1 rings (SSSR count). The number of carbonyl (C=O) groups excluding carboxylic acids is 1. The summed E-state index contributed by atoms with van der Waals surface area (Å²) in [4.78, 5) is 26.6. The van der Waals surface area contributed by atoms with Crippen molar-refractivity contribution in [3.63, 3.8) is 0 Å². The van der Waals surface area contributed by atoms with Crippen molar-refractivity contribution in [2.45, 2.75) is 46.1 Å². The van der Waals surface area contributed by atoms with E-state index in [2.05, 4.69) is 0 Å². The summed E-state index contributed by atoms with van der Waals surface area (Å²) < 4.78 is 0. The Bertz CT molecular complexity index is 303. The Morgan fingerprint density at radius 3 is 2.28 bits per heavy atom. The van der Waals surface area contributed by atoms with Crippen LogP contribution < -0.4 is 0 Å². The molecule has 1 N–H and O–H groups in total. The molecule has 0 aromatic carbocycles. The summed E-state index contributed by atoms with van der Waals surface area (Å²) in [5.74, 6) is -0.207. The first-order valence-corrected chi connectivity index (χ1v) is 6.76. The van der Waals surface area contributed by atoms with Crippen LogP contribution in [-0.4, -0.2) is 52.6 Å². The van der Waals surface area contributed by atoms with Gasteiger partial charge in [0, 0.05) is 25.7 Å². The Hall–Kier alpha value is -1.26. The number of carbonyl (C=O) groups is 2. The Morgan fingerprint density at radius 1 is 1.28 bits per heavy atom. The van der Waals surface area contributed by atoms with Crippen LogP contribution in [0.15, 0.2) is 0 Å². The van der Waals surface area contributed by atoms with E-state index >= 15 is 0 Å². The van der Waals surface area contributed by atoms with E-state index in [1.807, 2.05) is 18.7 Å². The normalized spacial score (nSPS) is 16.2. The second-order valence-electron chi connectivity index (χ2n) is 5.00. The molecule has 0 aromatic rings. The summed E-state index contributed by atoms with van der Waals surface area (Å²) in [6.45, 7) is 7.70. The van der Waals surface area contributed by atoms with Gasteiger partial charge in [-0.15, -0.1) is 0 Å². The maximum atomic E-state index is 12.4. The number of hydrogen-bond donors (Lipinski definition) is 1. The van der Waals surface area contributed by atoms with Crippen molar-refractivity contribution in [1.82, 2.24) is 9.80 Å². The van der Waals surface area contributed by atoms with Crippen LogP contribution in [0.25, 0.3) is 0 Å². The summed E-state index contributed by atoms with van der Waals surface area (Å²) in [6.07, 6.45) is 2.42. The van der Waals surface area contributed by atoms with Crippen molar-refractivity contribution in [2.24, 2.45) is 5.92 Å². The number of rotatable bonds is 7. The Balaban J connectivity index is 2.59. The highest BCUT2D eigenvalue weighted by atomic mass is 16.4. The second-order valence-corrected chi connectivity index (χ2v) is 5.00. The minimum Gasteiger partial charge on any atom is -0.481 e. The van der Waals surface area contributed by atoms with Crippen LogP contribution in [0, 0.1) is 5.92 Å². The van der Waals surface area contributed by atoms with Gasteiger partial charge in [-0.3, -0.25) is 4.79 Å². The summed E-state index contributed by atoms with van der Waals surface area (Å²) >= 11 is 0. The minimum absolute atomic E-state index is 0.000558. The zero-order chi connectivity index (χ0) is 13.7. The summed E-state index contributed by atoms with van der Waals surface area (Å²) in [5.41, 5.74) is 0. The van der Waals surface area contributed by atoms with Gasteiger partial charge in [-0.2, -0.15) is 0 Å². The standard InChI is InChI=1S/C13H24N2O3/c1-4-14(9-11-6-7-11)13(18)15(5-2)10(3)8-12(16)17/h10-11H,4-9H2,1-3H3,(H,16,17). The molecular formula is C13H24N2O3. The highest BCUT2D eigenvalue weighted by Crippen LogP contribution is 2.30. The van der Waals surface area contributed by atoms with Crippen LogP contribution >= 0.6 is 0 Å². The molecule has 18 heavy (non-hydrogen) atoms. The molecule has 0 heterocycles. The molecule has 0 saturated heterocycles. The Kier molecular flexibility index (Phi) is 5.44. The average Bonchev–Trinajstić information content (AvgIpc) is 3.09. The van der Waals surface area contributed by atoms with Crippen LogP contribution in [0.1, 0.15) is 40.0 Å². The summed E-state index contributed by atoms with van der Waals surface area (Å²) in [7, 11) is 0. The average molecular weight is 256 g/mol. The van der Waals surface area contributed by atoms with Crippen LogP contribution in [0.4, 0.5) is 4.79 Å². The van der Waals surface area contributed by atoms with Crippen molar-refractivity contribution in [3.05, 3.63) is 0 Å². The van der Waals surface area contributed by atoms with E-state index in [9.17, 15) is 9.59 Å². The van der Waals surface area contributed by atoms with Gasteiger partial charge in [0.2, 0.25) is 0 Å². The number of nitrogens with zero attached hydrogens (tertiary/aromatic N) is 2. The molecule has 1 aliphatic rings. The molecule has 1 atom stereocenters. The van der Waals surface area contributed by atoms with Crippen molar-refractivity contribution in [3.8, 4) is 0 Å². The summed E-state index contributed by atoms with van der Waals surface area (Å²) in [6, 6.07) is -0.283. The molecule has 0 aromatic heterocycles. The third kappa shape index (κ3) is 4.20. The van der Waals surface area contributed by atoms with Gasteiger partial charge in [0.25, 0.3) is 0 Å². The summed E-state index contributed by atoms with van der Waals surface area (Å²) in [5, 5.41) is 8.81. The minimum atomic E-state index is -0.862. The number of amides is 2. The van der Waals surface area contributed by atoms with Crippen LogP contribution in [0.2, 0.25) is 0 Å². The first kappa shape index (κ1) is 14.8. The fourth-order valence-corrected chi connectivity index (χ4v) is 2.13. The predicted molar refractivity (Wildman–Crippen MR) is 69.5 cm³/mol. The Labute approximate surface area is 109 Å². The number of hydrogen-bond acceptors (Lipinski definition) is 2. The molecule has 5 nitrogen and oxygen atoms in total. The van der Waals surface area contributed by atoms with Gasteiger partial charge < -0.3 is 14.9 Å². The van der Waals surface area contributed by atoms with E-state index in [4.69, 9.17) is 5.11 Å². The number of carboxylic acids is 1. The maximum Gasteiger partial charge on any atom is 0.320 e. The van der Waals surface area contributed by atoms with E-state index in [-0.39, 0.29) is 18.5 Å². The second kappa shape index (κ2) is 6.61. The first-order chi connectivity index (χ1) is 8.49. The van der Waals surface area contributed by atoms with Gasteiger partial charge in [-0.25, -0.2) is 4.79 Å². The highest BCUT2D eigenvalue weighted by molar-refractivity contribution is 5.76. The molecule has 1 unspecified atom stereocenters. The lowest BCUT2D eigenvalue weighted by atomic mass is 10.2. The zero-order valence-corrected chi connectivity index (χ0v) is 11.6. The van der Waals surface area contributed by atoms with Crippen LogP contribution in [-0.2, 0) is 4.79 Å². The molecule has 104 valence electrons. The molecule has 1 saturated carbocycles. The molecule has 0 bridgehead atoms. The van der Waals surface area contributed by atoms with Gasteiger partial charge in [-0.1, -0.05) is 0 Å². The van der Waals surface area contributed by atoms with Gasteiger partial charge in [0.05, 0.1) is 6.42 Å². The van der Waals surface area contributed by atoms with Crippen LogP contribution in [0.3, 0.4) is 0 Å². The largest absolute Gasteiger partial charge is 0.481 e. The monoisotopic (exact) mass is 256 g/mol. The Morgan fingerprint density at radius 2 is 1.89 bits per heavy atom. The van der Waals surface area contributed by atoms with Crippen LogP contribution in [0.5, 0.6) is 0 Å². The van der Waals surface area contributed by atoms with E-state index in [1.165, 1.54) is 12.8 Å². The molecule has 0 aliphatic heterocycles. The van der Waals surface area contributed by atoms with E-state index < -0.39 is 5.97 Å². The third-order valence-electron chi connectivity index (χ3n) is 3.42. The smallest absolute Gasteiger partial charge is 0.320 e. The van der Waals surface area contributed by atoms with Gasteiger partial charge in [0.15, 0.2) is 0 Å². The van der Waals surface area contributed by atoms with Crippen molar-refractivity contribution in [2.75, 3.05) is 19.6 Å². The van der Waals surface area contributed by atoms with Crippen molar-refractivity contribution in [1.29, 1.82) is 0 Å². The lowest BCUT2D eigenvalue weighted by molar-refractivity contribution is -0.138. The predicted octanol–water partition coefficient (Wildman–Crippen LogP) is 2.02. The molecular weight excluding hydrogens is 232 g/mol. The van der Waals surface area contributed by atoms with Gasteiger partial charge in [-0.05, 0) is 39.5 Å². The van der Waals surface area contributed by atoms with E-state index in [0.717, 1.165) is 6.54 Å². The maximum absolute atomic E-state index is 12.4. The lowest BCUT2D eigenvalue weighted by Crippen LogP contribution is -2.48. The van der Waals surface area contributed by atoms with E-state index in [1.54, 1.807) is 11.8 Å². The van der Waals surface area contributed by atoms with Gasteiger partial charge >= 0.3 is 12.0 Å². The molecule has 5 heteroatoms. The molecule has 1 fully saturated rings. The zero-order valence-electron chi connectivity index (χ0n) is 11.6. The van der Waals surface area contributed by atoms with Crippen molar-refractivity contribution < 1.29 is 14.7 Å². The lowest BCUT2D eigenvalue weighted by Gasteiger charge is -2.33. The molecule has 0 spiro atoms. The van der Waals surface area contributed by atoms with Gasteiger partial charge in [0.1, 0.15) is 0 Å². The fourth-order valence-electron chi connectivity index (χ4n) is 2.13. The molecule has 0 radical (unpaired) electrons. The fraction of sp³-hybridized carbons (Fsp3) is 0.846. The third-order valence-corrected chi connectivity index (χ3v) is 3.42. The molecule has 2 amide bonds. The number of aliphatic carboxylic acids is 1. The first-order valence-electron chi connectivity index (χ1n) is 6.76. The van der Waals surface area contributed by atoms with Crippen molar-refractivity contribution >= 4 is 12.0 Å².